The van der Waals surface area contributed by atoms with Crippen LogP contribution >= 0.6 is 11.8 Å². The first kappa shape index (κ1) is 18.3. The van der Waals surface area contributed by atoms with Gasteiger partial charge in [-0.2, -0.15) is 0 Å². The largest absolute Gasteiger partial charge is 0.497 e. The summed E-state index contributed by atoms with van der Waals surface area (Å²) in [6.07, 6.45) is 1.10. The third kappa shape index (κ3) is 3.55. The summed E-state index contributed by atoms with van der Waals surface area (Å²) in [6, 6.07) is 5.34. The monoisotopic (exact) mass is 375 g/mol. The summed E-state index contributed by atoms with van der Waals surface area (Å²) >= 11 is 1.46. The standard InChI is InChI=1S/C18H21N3O4S/c1-4-7-26-18-20-16-15(17(23)21-18)12(9-14(22)19-16)11-8-10(24-2)5-6-13(11)25-3/h5-6,8,12H,4,7,9H2,1-3H3,(H2,19,20,21,22,23). The van der Waals surface area contributed by atoms with Crippen LogP contribution in [0.2, 0.25) is 0 Å². The van der Waals surface area contributed by atoms with E-state index < -0.39 is 5.92 Å². The van der Waals surface area contributed by atoms with Crippen molar-refractivity contribution >= 4 is 23.5 Å². The van der Waals surface area contributed by atoms with Gasteiger partial charge in [0.05, 0.1) is 19.8 Å². The number of anilines is 1. The minimum absolute atomic E-state index is 0.142. The fraction of sp³-hybridized carbons (Fsp3) is 0.389. The molecule has 0 fully saturated rings. The third-order valence-corrected chi connectivity index (χ3v) is 5.26. The van der Waals surface area contributed by atoms with Crippen molar-refractivity contribution in [2.75, 3.05) is 25.3 Å². The summed E-state index contributed by atoms with van der Waals surface area (Å²) in [5.74, 6) is 1.75. The van der Waals surface area contributed by atoms with Crippen molar-refractivity contribution in [3.8, 4) is 11.5 Å². The molecule has 0 aliphatic carbocycles. The van der Waals surface area contributed by atoms with Crippen LogP contribution in [-0.2, 0) is 4.79 Å². The van der Waals surface area contributed by atoms with Crippen LogP contribution in [0, 0.1) is 0 Å². The van der Waals surface area contributed by atoms with Crippen molar-refractivity contribution < 1.29 is 14.3 Å². The molecule has 1 unspecified atom stereocenters. The Balaban J connectivity index is 2.12. The fourth-order valence-electron chi connectivity index (χ4n) is 3.00. The number of carbonyl (C=O) groups is 1. The van der Waals surface area contributed by atoms with Crippen molar-refractivity contribution in [2.24, 2.45) is 0 Å². The molecule has 3 rings (SSSR count). The zero-order chi connectivity index (χ0) is 18.7. The third-order valence-electron chi connectivity index (χ3n) is 4.18. The number of nitrogens with one attached hydrogen (secondary N) is 2. The first-order valence-corrected chi connectivity index (χ1v) is 9.34. The van der Waals surface area contributed by atoms with E-state index in [0.29, 0.717) is 28.0 Å². The lowest BCUT2D eigenvalue weighted by Crippen LogP contribution is -2.31. The first-order chi connectivity index (χ1) is 12.6. The number of nitrogens with zero attached hydrogens (tertiary/aromatic N) is 1. The van der Waals surface area contributed by atoms with Crippen LogP contribution in [0.3, 0.4) is 0 Å². The summed E-state index contributed by atoms with van der Waals surface area (Å²) in [5.41, 5.74) is 0.921. The number of amides is 1. The second kappa shape index (κ2) is 7.82. The molecule has 0 saturated heterocycles. The number of carbonyl (C=O) groups excluding carboxylic acids is 1. The summed E-state index contributed by atoms with van der Waals surface area (Å²) < 4.78 is 10.7. The number of H-pyrrole nitrogens is 1. The van der Waals surface area contributed by atoms with Crippen LogP contribution in [0.5, 0.6) is 11.5 Å². The second-order valence-electron chi connectivity index (χ2n) is 5.89. The Morgan fingerprint density at radius 1 is 1.27 bits per heavy atom. The number of methoxy groups -OCH3 is 2. The van der Waals surface area contributed by atoms with E-state index in [1.54, 1.807) is 32.4 Å². The number of hydrogen-bond acceptors (Lipinski definition) is 6. The lowest BCUT2D eigenvalue weighted by Gasteiger charge is -2.26. The molecule has 1 aromatic carbocycles. The molecular weight excluding hydrogens is 354 g/mol. The number of rotatable bonds is 6. The van der Waals surface area contributed by atoms with Gasteiger partial charge in [-0.05, 0) is 24.6 Å². The van der Waals surface area contributed by atoms with Crippen molar-refractivity contribution in [3.63, 3.8) is 0 Å². The molecule has 8 heteroatoms. The SMILES string of the molecule is CCCSc1nc2c(c(=O)[nH]1)C(c1cc(OC)ccc1OC)CC(=O)N2. The molecule has 2 aromatic rings. The molecule has 1 aliphatic rings. The zero-order valence-electron chi connectivity index (χ0n) is 14.9. The van der Waals surface area contributed by atoms with Gasteiger partial charge in [-0.25, -0.2) is 4.98 Å². The van der Waals surface area contributed by atoms with E-state index in [2.05, 4.69) is 22.2 Å². The zero-order valence-corrected chi connectivity index (χ0v) is 15.7. The highest BCUT2D eigenvalue weighted by molar-refractivity contribution is 7.99. The minimum atomic E-state index is -0.453. The smallest absolute Gasteiger partial charge is 0.257 e. The molecule has 138 valence electrons. The molecule has 1 aliphatic heterocycles. The summed E-state index contributed by atoms with van der Waals surface area (Å²) in [5, 5.41) is 3.24. The molecule has 7 nitrogen and oxygen atoms in total. The molecule has 26 heavy (non-hydrogen) atoms. The molecular formula is C18H21N3O4S. The van der Waals surface area contributed by atoms with E-state index in [4.69, 9.17) is 9.47 Å². The van der Waals surface area contributed by atoms with Gasteiger partial charge in [-0.15, -0.1) is 0 Å². The average molecular weight is 375 g/mol. The van der Waals surface area contributed by atoms with Crippen molar-refractivity contribution in [2.45, 2.75) is 30.8 Å². The van der Waals surface area contributed by atoms with Gasteiger partial charge in [-0.1, -0.05) is 18.7 Å². The number of fused-ring (bicyclic) bond motifs is 1. The highest BCUT2D eigenvalue weighted by atomic mass is 32.2. The topological polar surface area (TPSA) is 93.3 Å². The van der Waals surface area contributed by atoms with Gasteiger partial charge in [0.2, 0.25) is 5.91 Å². The molecule has 1 aromatic heterocycles. The Labute approximate surface area is 155 Å². The summed E-state index contributed by atoms with van der Waals surface area (Å²) in [7, 11) is 3.13. The van der Waals surface area contributed by atoms with Crippen molar-refractivity contribution in [1.82, 2.24) is 9.97 Å². The molecule has 0 radical (unpaired) electrons. The molecule has 1 atom stereocenters. The van der Waals surface area contributed by atoms with E-state index in [0.717, 1.165) is 17.7 Å². The fourth-order valence-corrected chi connectivity index (χ4v) is 3.71. The Kier molecular flexibility index (Phi) is 5.51. The highest BCUT2D eigenvalue weighted by Crippen LogP contribution is 2.40. The Bertz CT molecular complexity index is 881. The van der Waals surface area contributed by atoms with Crippen LogP contribution in [0.4, 0.5) is 5.82 Å². The lowest BCUT2D eigenvalue weighted by molar-refractivity contribution is -0.116. The number of ether oxygens (including phenoxy) is 2. The first-order valence-electron chi connectivity index (χ1n) is 8.36. The summed E-state index contributed by atoms with van der Waals surface area (Å²) in [4.78, 5) is 32.3. The Morgan fingerprint density at radius 2 is 2.08 bits per heavy atom. The highest BCUT2D eigenvalue weighted by Gasteiger charge is 2.33. The van der Waals surface area contributed by atoms with Crippen LogP contribution in [0.25, 0.3) is 0 Å². The van der Waals surface area contributed by atoms with Gasteiger partial charge < -0.3 is 19.8 Å². The number of hydrogen-bond donors (Lipinski definition) is 2. The molecule has 2 heterocycles. The van der Waals surface area contributed by atoms with Gasteiger partial charge in [0.15, 0.2) is 5.16 Å². The van der Waals surface area contributed by atoms with E-state index >= 15 is 0 Å². The summed E-state index contributed by atoms with van der Waals surface area (Å²) in [6.45, 7) is 2.05. The molecule has 0 saturated carbocycles. The Hall–Kier alpha value is -2.48. The molecule has 1 amide bonds. The van der Waals surface area contributed by atoms with Crippen molar-refractivity contribution in [3.05, 3.63) is 39.7 Å². The molecule has 0 bridgehead atoms. The van der Waals surface area contributed by atoms with E-state index in [-0.39, 0.29) is 17.9 Å². The number of benzene rings is 1. The van der Waals surface area contributed by atoms with E-state index in [9.17, 15) is 9.59 Å². The van der Waals surface area contributed by atoms with Crippen molar-refractivity contribution in [1.29, 1.82) is 0 Å². The van der Waals surface area contributed by atoms with Gasteiger partial charge in [0.1, 0.15) is 17.3 Å². The normalized spacial score (nSPS) is 16.0. The van der Waals surface area contributed by atoms with Gasteiger partial charge in [-0.3, -0.25) is 9.59 Å². The van der Waals surface area contributed by atoms with Crippen LogP contribution in [0.15, 0.2) is 28.2 Å². The number of thioether (sulfide) groups is 1. The predicted molar refractivity (Wildman–Crippen MR) is 101 cm³/mol. The average Bonchev–Trinajstić information content (AvgIpc) is 2.64. The Morgan fingerprint density at radius 3 is 2.77 bits per heavy atom. The molecule has 2 N–H and O–H groups in total. The second-order valence-corrected chi connectivity index (χ2v) is 6.98. The van der Waals surface area contributed by atoms with E-state index in [1.165, 1.54) is 11.8 Å². The van der Waals surface area contributed by atoms with Gasteiger partial charge in [0, 0.05) is 23.7 Å². The minimum Gasteiger partial charge on any atom is -0.497 e. The van der Waals surface area contributed by atoms with Crippen LogP contribution in [-0.4, -0.2) is 35.8 Å². The maximum absolute atomic E-state index is 12.8. The quantitative estimate of drug-likeness (QED) is 0.596. The molecule has 0 spiro atoms. The van der Waals surface area contributed by atoms with Gasteiger partial charge in [0.25, 0.3) is 5.56 Å². The maximum atomic E-state index is 12.8. The van der Waals surface area contributed by atoms with Crippen LogP contribution in [0.1, 0.15) is 36.8 Å². The lowest BCUT2D eigenvalue weighted by atomic mass is 9.86. The van der Waals surface area contributed by atoms with Gasteiger partial charge >= 0.3 is 0 Å². The van der Waals surface area contributed by atoms with E-state index in [1.807, 2.05) is 0 Å². The number of aromatic amines is 1. The number of aromatic nitrogens is 2. The predicted octanol–water partition coefficient (Wildman–Crippen LogP) is 2.76. The maximum Gasteiger partial charge on any atom is 0.257 e. The van der Waals surface area contributed by atoms with Crippen LogP contribution < -0.4 is 20.3 Å².